The van der Waals surface area contributed by atoms with Crippen LogP contribution in [0.4, 0.5) is 26.5 Å². The number of carbonyl (C=O) groups is 3. The monoisotopic (exact) mass is 909 g/mol. The van der Waals surface area contributed by atoms with Gasteiger partial charge in [-0.3, -0.25) is 34.1 Å². The highest BCUT2D eigenvalue weighted by Crippen LogP contribution is 2.37. The van der Waals surface area contributed by atoms with Crippen molar-refractivity contribution in [1.29, 1.82) is 5.26 Å². The van der Waals surface area contributed by atoms with Crippen LogP contribution in [0.2, 0.25) is 0 Å². The minimum Gasteiger partial charge on any atom is -0.367 e. The van der Waals surface area contributed by atoms with Crippen LogP contribution < -0.4 is 25.3 Å². The lowest BCUT2D eigenvalue weighted by atomic mass is 9.84. The molecule has 6 aromatic rings. The van der Waals surface area contributed by atoms with Crippen molar-refractivity contribution in [3.05, 3.63) is 66.6 Å². The van der Waals surface area contributed by atoms with Gasteiger partial charge in [-0.2, -0.15) is 20.6 Å². The van der Waals surface area contributed by atoms with E-state index in [1.54, 1.807) is 23.8 Å². The van der Waals surface area contributed by atoms with Crippen LogP contribution in [-0.2, 0) is 16.6 Å². The number of imide groups is 1. The summed E-state index contributed by atoms with van der Waals surface area (Å²) in [5.74, 6) is 0.549. The molecule has 3 saturated heterocycles. The summed E-state index contributed by atoms with van der Waals surface area (Å²) < 4.78 is 21.5. The largest absolute Gasteiger partial charge is 0.367 e. The maximum Gasteiger partial charge on any atom is 0.329 e. The molecule has 1 saturated carbocycles. The van der Waals surface area contributed by atoms with Crippen molar-refractivity contribution >= 4 is 51.6 Å². The molecule has 3 aliphatic heterocycles. The van der Waals surface area contributed by atoms with E-state index >= 15 is 4.39 Å². The Hall–Kier alpha value is -6.94. The molecule has 8 heterocycles. The molecule has 1 aliphatic carbocycles. The Morgan fingerprint density at radius 1 is 0.910 bits per heavy atom. The van der Waals surface area contributed by atoms with E-state index in [9.17, 15) is 19.6 Å². The molecule has 4 aliphatic rings. The van der Waals surface area contributed by atoms with Crippen LogP contribution in [0.1, 0.15) is 83.7 Å². The van der Waals surface area contributed by atoms with Gasteiger partial charge in [0.1, 0.15) is 28.5 Å². The first-order valence-corrected chi connectivity index (χ1v) is 23.5. The van der Waals surface area contributed by atoms with E-state index in [-0.39, 0.29) is 48.1 Å². The van der Waals surface area contributed by atoms with Crippen molar-refractivity contribution in [2.24, 2.45) is 13.0 Å². The van der Waals surface area contributed by atoms with Crippen molar-refractivity contribution in [3.63, 3.8) is 0 Å². The van der Waals surface area contributed by atoms with E-state index < -0.39 is 6.03 Å². The van der Waals surface area contributed by atoms with E-state index in [0.717, 1.165) is 88.1 Å². The summed E-state index contributed by atoms with van der Waals surface area (Å²) in [6.07, 6.45) is 15.9. The lowest BCUT2D eigenvalue weighted by molar-refractivity contribution is -0.126. The quantitative estimate of drug-likeness (QED) is 0.168. The number of hydrogen-bond acceptors (Lipinski definition) is 12. The smallest absolute Gasteiger partial charge is 0.329 e. The minimum absolute atomic E-state index is 0.0551. The van der Waals surface area contributed by atoms with Crippen LogP contribution in [0, 0.1) is 23.1 Å². The Kier molecular flexibility index (Phi) is 11.6. The average molecular weight is 910 g/mol. The summed E-state index contributed by atoms with van der Waals surface area (Å²) in [6, 6.07) is 10.0. The maximum absolute atomic E-state index is 16.2. The molecule has 2 N–H and O–H groups in total. The Labute approximate surface area is 387 Å². The van der Waals surface area contributed by atoms with Gasteiger partial charge in [0.15, 0.2) is 11.6 Å². The van der Waals surface area contributed by atoms with E-state index in [0.29, 0.717) is 64.0 Å². The molecular weight excluding hydrogens is 854 g/mol. The number of fused-ring (bicyclic) bond motifs is 2. The predicted octanol–water partition coefficient (Wildman–Crippen LogP) is 5.83. The fraction of sp³-hybridized carbons (Fsp3) is 0.479. The Morgan fingerprint density at radius 3 is 2.36 bits per heavy atom. The SMILES string of the molecule is CCC1(NC(=O)C(C)C)CCN(c2ccc(-c3nc(-c4cnn([C@H]5CC[C@@H](N6CCN(c7ccc8c(N9CCC(=O)NC9=O)nn(C)c8c7F)CC6)CC5)c4)cn4ncc(C#N)c34)cn2)CC1. The van der Waals surface area contributed by atoms with Crippen LogP contribution in [0.15, 0.2) is 55.2 Å². The number of nitrogens with one attached hydrogen (secondary N) is 2. The third kappa shape index (κ3) is 8.21. The van der Waals surface area contributed by atoms with Crippen LogP contribution in [0.3, 0.4) is 0 Å². The highest BCUT2D eigenvalue weighted by molar-refractivity contribution is 6.09. The number of aromatic nitrogens is 8. The Balaban J connectivity index is 0.777. The van der Waals surface area contributed by atoms with Crippen molar-refractivity contribution in [1.82, 2.24) is 54.7 Å². The molecule has 348 valence electrons. The van der Waals surface area contributed by atoms with Gasteiger partial charge in [0.05, 0.1) is 41.7 Å². The second kappa shape index (κ2) is 17.7. The zero-order chi connectivity index (χ0) is 46.6. The molecule has 4 amide bonds. The number of carbonyl (C=O) groups excluding carboxylic acids is 3. The standard InChI is InChI=1S/C48H56FN15O3/c1-5-48(56-46(66)30(2)3)15-18-61(19-16-48)39-13-6-31(25-51-39)42-43-32(24-50)26-53-64(43)29-37(54-42)33-27-52-63(28-33)35-9-7-34(8-10-35)59-20-22-60(23-21-59)38-12-11-36-44(41(38)49)58(4)57-45(36)62-17-14-40(65)55-47(62)67/h6,11-13,25-30,34-35H,5,7-10,14-23H2,1-4H3,(H,56,66)(H,55,65,67)/t34-,35+. The third-order valence-corrected chi connectivity index (χ3v) is 14.6. The fourth-order valence-electron chi connectivity index (χ4n) is 10.5. The number of halogens is 1. The molecule has 0 bridgehead atoms. The molecule has 18 nitrogen and oxygen atoms in total. The first-order chi connectivity index (χ1) is 32.4. The topological polar surface area (TPSA) is 191 Å². The van der Waals surface area contributed by atoms with Crippen molar-refractivity contribution in [3.8, 4) is 28.6 Å². The van der Waals surface area contributed by atoms with Crippen molar-refractivity contribution < 1.29 is 18.8 Å². The van der Waals surface area contributed by atoms with Gasteiger partial charge in [0.2, 0.25) is 11.8 Å². The van der Waals surface area contributed by atoms with Crippen LogP contribution in [0.25, 0.3) is 38.9 Å². The molecule has 1 aromatic carbocycles. The van der Waals surface area contributed by atoms with E-state index in [1.165, 1.54) is 9.58 Å². The lowest BCUT2D eigenvalue weighted by Crippen LogP contribution is -2.56. The first kappa shape index (κ1) is 43.9. The van der Waals surface area contributed by atoms with Gasteiger partial charge in [-0.15, -0.1) is 0 Å². The van der Waals surface area contributed by atoms with Crippen LogP contribution in [0.5, 0.6) is 0 Å². The van der Waals surface area contributed by atoms with Crippen molar-refractivity contribution in [2.45, 2.75) is 89.8 Å². The van der Waals surface area contributed by atoms with Crippen LogP contribution in [-0.4, -0.2) is 119 Å². The van der Waals surface area contributed by atoms with E-state index in [4.69, 9.17) is 15.1 Å². The zero-order valence-corrected chi connectivity index (χ0v) is 38.5. The highest BCUT2D eigenvalue weighted by Gasteiger charge is 2.36. The van der Waals surface area contributed by atoms with E-state index in [2.05, 4.69) is 59.4 Å². The maximum atomic E-state index is 16.2. The summed E-state index contributed by atoms with van der Waals surface area (Å²) in [5.41, 5.74) is 4.66. The Bertz CT molecular complexity index is 2890. The number of nitriles is 1. The molecule has 5 aromatic heterocycles. The molecule has 0 atom stereocenters. The van der Waals surface area contributed by atoms with Gasteiger partial charge in [-0.25, -0.2) is 23.7 Å². The summed E-state index contributed by atoms with van der Waals surface area (Å²) in [4.78, 5) is 55.1. The van der Waals surface area contributed by atoms with E-state index in [1.807, 2.05) is 50.6 Å². The molecule has 0 unspecified atom stereocenters. The van der Waals surface area contributed by atoms with Crippen molar-refractivity contribution in [2.75, 3.05) is 60.5 Å². The zero-order valence-electron chi connectivity index (χ0n) is 38.5. The van der Waals surface area contributed by atoms with Gasteiger partial charge in [-0.05, 0) is 69.2 Å². The average Bonchev–Trinajstić information content (AvgIpc) is 4.10. The molecular formula is C48H56FN15O3. The lowest BCUT2D eigenvalue weighted by Gasteiger charge is -2.42. The normalized spacial score (nSPS) is 20.5. The van der Waals surface area contributed by atoms with Gasteiger partial charge >= 0.3 is 6.03 Å². The summed E-state index contributed by atoms with van der Waals surface area (Å²) in [6.45, 7) is 10.8. The number of urea groups is 1. The molecule has 10 rings (SSSR count). The second-order valence-corrected chi connectivity index (χ2v) is 18.8. The molecule has 19 heteroatoms. The molecule has 67 heavy (non-hydrogen) atoms. The fourth-order valence-corrected chi connectivity index (χ4v) is 10.5. The molecule has 0 spiro atoms. The minimum atomic E-state index is -0.548. The molecule has 0 radical (unpaired) electrons. The Morgan fingerprint density at radius 2 is 1.67 bits per heavy atom. The van der Waals surface area contributed by atoms with Gasteiger partial charge < -0.3 is 15.1 Å². The number of amides is 4. The molecule has 4 fully saturated rings. The number of aryl methyl sites for hydroxylation is 1. The summed E-state index contributed by atoms with van der Waals surface area (Å²) >= 11 is 0. The number of pyridine rings is 1. The van der Waals surface area contributed by atoms with Crippen LogP contribution >= 0.6 is 0 Å². The van der Waals surface area contributed by atoms with Gasteiger partial charge in [-0.1, -0.05) is 20.8 Å². The highest BCUT2D eigenvalue weighted by atomic mass is 19.1. The number of benzene rings is 1. The van der Waals surface area contributed by atoms with Gasteiger partial charge in [0.25, 0.3) is 0 Å². The number of hydrogen-bond donors (Lipinski definition) is 2. The summed E-state index contributed by atoms with van der Waals surface area (Å²) in [7, 11) is 1.67. The second-order valence-electron chi connectivity index (χ2n) is 18.8. The van der Waals surface area contributed by atoms with Gasteiger partial charge in [0, 0.05) is 106 Å². The predicted molar refractivity (Wildman–Crippen MR) is 251 cm³/mol. The first-order valence-electron chi connectivity index (χ1n) is 23.5. The number of piperidine rings is 1. The number of nitrogens with zero attached hydrogens (tertiary/aromatic N) is 13. The number of piperazine rings is 1. The summed E-state index contributed by atoms with van der Waals surface area (Å²) in [5, 5.41) is 30.0. The third-order valence-electron chi connectivity index (χ3n) is 14.6. The number of anilines is 3. The number of rotatable bonds is 10.